The molecule has 79 heavy (non-hydrogen) atoms. The van der Waals surface area contributed by atoms with Crippen molar-refractivity contribution >= 4 is 103 Å². The molecule has 2 aromatic heterocycles. The van der Waals surface area contributed by atoms with E-state index in [1.54, 1.807) is 0 Å². The number of hydrogen-bond acceptors (Lipinski definition) is 3. The molecule has 0 radical (unpaired) electrons. The molecular weight excluding hydrogens is 955 g/mol. The highest BCUT2D eigenvalue weighted by Gasteiger charge is 2.21. The van der Waals surface area contributed by atoms with Crippen LogP contribution in [0.4, 0.5) is 5.69 Å². The monoisotopic (exact) mass is 1000 g/mol. The molecule has 2 heterocycles. The van der Waals surface area contributed by atoms with Crippen molar-refractivity contribution in [2.75, 3.05) is 0 Å². The molecule has 3 nitrogen and oxygen atoms in total. The van der Waals surface area contributed by atoms with Crippen molar-refractivity contribution in [3.05, 3.63) is 290 Å². The third-order valence-electron chi connectivity index (χ3n) is 16.3. The summed E-state index contributed by atoms with van der Waals surface area (Å²) < 4.78 is 0. The predicted octanol–water partition coefficient (Wildman–Crippen LogP) is 20.6. The summed E-state index contributed by atoms with van der Waals surface area (Å²) in [7, 11) is 0. The first-order valence-electron chi connectivity index (χ1n) is 27.0. The Kier molecular flexibility index (Phi) is 10.9. The molecule has 0 aliphatic rings. The molecular formula is C76H49N3. The molecule has 15 aromatic rings. The van der Waals surface area contributed by atoms with Crippen LogP contribution >= 0.6 is 0 Å². The zero-order valence-electron chi connectivity index (χ0n) is 43.5. The summed E-state index contributed by atoms with van der Waals surface area (Å²) in [5.74, 6) is 0. The second kappa shape index (κ2) is 18.7. The Labute approximate surface area is 457 Å². The summed E-state index contributed by atoms with van der Waals surface area (Å²) in [5.41, 5.74) is 16.3. The van der Waals surface area contributed by atoms with Crippen molar-refractivity contribution in [1.29, 1.82) is 0 Å². The fraction of sp³-hybridized carbons (Fsp3) is 0.0132. The minimum atomic E-state index is 0.859. The molecule has 0 atom stereocenters. The van der Waals surface area contributed by atoms with Gasteiger partial charge in [0.2, 0.25) is 0 Å². The molecule has 3 heteroatoms. The maximum absolute atomic E-state index is 5.79. The number of para-hydroxylation sites is 2. The number of aliphatic imine (C=N–C) groups is 1. The lowest BCUT2D eigenvalue weighted by Gasteiger charge is -2.20. The van der Waals surface area contributed by atoms with E-state index in [0.29, 0.717) is 0 Å². The van der Waals surface area contributed by atoms with E-state index in [9.17, 15) is 0 Å². The van der Waals surface area contributed by atoms with Crippen LogP contribution in [0.5, 0.6) is 0 Å². The highest BCUT2D eigenvalue weighted by atomic mass is 14.8. The van der Waals surface area contributed by atoms with E-state index in [2.05, 4.69) is 250 Å². The van der Waals surface area contributed by atoms with Gasteiger partial charge in [0, 0.05) is 51.1 Å². The lowest BCUT2D eigenvalue weighted by molar-refractivity contribution is 1.41. The first-order chi connectivity index (χ1) is 39.0. The van der Waals surface area contributed by atoms with Gasteiger partial charge >= 0.3 is 0 Å². The molecule has 13 aromatic carbocycles. The van der Waals surface area contributed by atoms with Crippen molar-refractivity contribution < 1.29 is 0 Å². The van der Waals surface area contributed by atoms with Crippen LogP contribution in [-0.2, 0) is 0 Å². The summed E-state index contributed by atoms with van der Waals surface area (Å²) in [6.07, 6.45) is 3.74. The Morgan fingerprint density at radius 3 is 1.19 bits per heavy atom. The highest BCUT2D eigenvalue weighted by molar-refractivity contribution is 6.27. The molecule has 0 N–H and O–H groups in total. The minimum Gasteiger partial charge on any atom is -0.256 e. The Morgan fingerprint density at radius 1 is 0.316 bits per heavy atom. The SMILES string of the molecule is C=C(c1ccc(-c2cccc3cccnc23)cc1)c1cc(-c2ccc3c4ccccc4c4ccccc4c3c2)cc(-c2ccc3c4ccccc4c4ccccc4c3c2)c1/N=C(\C)c1ccc(-c2cccc3cccnc23)cc1. The van der Waals surface area contributed by atoms with Crippen molar-refractivity contribution in [2.45, 2.75) is 6.92 Å². The van der Waals surface area contributed by atoms with Gasteiger partial charge in [-0.25, -0.2) is 0 Å². The van der Waals surface area contributed by atoms with E-state index in [-0.39, 0.29) is 0 Å². The van der Waals surface area contributed by atoms with Gasteiger partial charge in [-0.3, -0.25) is 15.0 Å². The highest BCUT2D eigenvalue weighted by Crippen LogP contribution is 2.46. The molecule has 0 unspecified atom stereocenters. The second-order valence-corrected chi connectivity index (χ2v) is 20.7. The first-order valence-corrected chi connectivity index (χ1v) is 27.0. The van der Waals surface area contributed by atoms with E-state index >= 15 is 0 Å². The van der Waals surface area contributed by atoms with Crippen LogP contribution in [0.3, 0.4) is 0 Å². The maximum Gasteiger partial charge on any atom is 0.0790 e. The number of nitrogens with zero attached hydrogens (tertiary/aromatic N) is 3. The van der Waals surface area contributed by atoms with Gasteiger partial charge < -0.3 is 0 Å². The van der Waals surface area contributed by atoms with E-state index in [0.717, 1.165) is 100.0 Å². The zero-order valence-corrected chi connectivity index (χ0v) is 43.5. The van der Waals surface area contributed by atoms with Crippen molar-refractivity contribution in [3.8, 4) is 44.5 Å². The van der Waals surface area contributed by atoms with Crippen LogP contribution in [0.15, 0.2) is 279 Å². The van der Waals surface area contributed by atoms with E-state index in [4.69, 9.17) is 21.5 Å². The van der Waals surface area contributed by atoms with Crippen LogP contribution in [0.25, 0.3) is 137 Å². The Bertz CT molecular complexity index is 4950. The Morgan fingerprint density at radius 2 is 0.709 bits per heavy atom. The van der Waals surface area contributed by atoms with Crippen LogP contribution in [-0.4, -0.2) is 15.7 Å². The summed E-state index contributed by atoms with van der Waals surface area (Å²) in [5, 5.41) is 17.0. The smallest absolute Gasteiger partial charge is 0.0790 e. The molecule has 0 fully saturated rings. The van der Waals surface area contributed by atoms with E-state index in [1.165, 1.54) is 64.6 Å². The van der Waals surface area contributed by atoms with Crippen molar-refractivity contribution in [3.63, 3.8) is 0 Å². The number of benzene rings is 13. The molecule has 0 bridgehead atoms. The van der Waals surface area contributed by atoms with Crippen molar-refractivity contribution in [1.82, 2.24) is 9.97 Å². The summed E-state index contributed by atoms with van der Waals surface area (Å²) in [6.45, 7) is 7.12. The van der Waals surface area contributed by atoms with Gasteiger partial charge in [-0.05, 0) is 152 Å². The van der Waals surface area contributed by atoms with Gasteiger partial charge in [0.1, 0.15) is 0 Å². The number of fused-ring (bicyclic) bond motifs is 14. The Balaban J connectivity index is 0.974. The fourth-order valence-corrected chi connectivity index (χ4v) is 12.3. The van der Waals surface area contributed by atoms with Gasteiger partial charge in [0.05, 0.1) is 16.7 Å². The molecule has 368 valence electrons. The van der Waals surface area contributed by atoms with E-state index in [1.807, 2.05) is 24.5 Å². The summed E-state index contributed by atoms with van der Waals surface area (Å²) in [4.78, 5) is 15.4. The van der Waals surface area contributed by atoms with Gasteiger partial charge in [0.25, 0.3) is 0 Å². The van der Waals surface area contributed by atoms with E-state index < -0.39 is 0 Å². The molecule has 15 rings (SSSR count). The lowest BCUT2D eigenvalue weighted by atomic mass is 9.86. The molecule has 0 aliphatic carbocycles. The average molecular weight is 1000 g/mol. The van der Waals surface area contributed by atoms with Crippen LogP contribution < -0.4 is 0 Å². The predicted molar refractivity (Wildman–Crippen MR) is 337 cm³/mol. The van der Waals surface area contributed by atoms with Crippen LogP contribution in [0.2, 0.25) is 0 Å². The Hall–Kier alpha value is -10.4. The largest absolute Gasteiger partial charge is 0.256 e. The third-order valence-corrected chi connectivity index (χ3v) is 16.3. The van der Waals surface area contributed by atoms with Gasteiger partial charge in [-0.15, -0.1) is 0 Å². The van der Waals surface area contributed by atoms with Gasteiger partial charge in [-0.2, -0.15) is 0 Å². The van der Waals surface area contributed by atoms with Crippen LogP contribution in [0.1, 0.15) is 23.6 Å². The number of rotatable bonds is 8. The number of hydrogen-bond donors (Lipinski definition) is 0. The van der Waals surface area contributed by atoms with Crippen molar-refractivity contribution in [2.24, 2.45) is 4.99 Å². The topological polar surface area (TPSA) is 38.1 Å². The summed E-state index contributed by atoms with van der Waals surface area (Å²) in [6, 6.07) is 92.5. The molecule has 0 spiro atoms. The average Bonchev–Trinajstić information content (AvgIpc) is 3.72. The second-order valence-electron chi connectivity index (χ2n) is 20.7. The van der Waals surface area contributed by atoms with Gasteiger partial charge in [0.15, 0.2) is 0 Å². The molecule has 0 amide bonds. The quantitative estimate of drug-likeness (QED) is 0.112. The molecule has 0 saturated carbocycles. The molecule has 0 saturated heterocycles. The lowest BCUT2D eigenvalue weighted by Crippen LogP contribution is -1.98. The zero-order chi connectivity index (χ0) is 52.6. The molecule has 0 aliphatic heterocycles. The fourth-order valence-electron chi connectivity index (χ4n) is 12.3. The number of aromatic nitrogens is 2. The normalized spacial score (nSPS) is 12.0. The van der Waals surface area contributed by atoms with Crippen LogP contribution in [0, 0.1) is 0 Å². The standard InChI is InChI=1S/C76H49N3/c1-47(49-29-33-51(34-30-49)58-27-11-15-53-17-13-41-77-74(53)58)70-45-57(55-37-39-68-64-23-5-3-19-60(64)62-21-7-9-25-66(62)72(68)43-55)46-71(56-38-40-69-65-24-6-4-20-61(65)63-22-8-10-26-67(63)73(69)44-56)76(70)79-48(2)50-31-35-52(36-32-50)59-28-12-16-54-18-14-42-78-75(54)59/h3-46H,1H2,2H3/b79-48+. The number of pyridine rings is 2. The third kappa shape index (κ3) is 7.78. The van der Waals surface area contributed by atoms with Gasteiger partial charge in [-0.1, -0.05) is 225 Å². The minimum absolute atomic E-state index is 0.859. The summed E-state index contributed by atoms with van der Waals surface area (Å²) >= 11 is 0. The maximum atomic E-state index is 5.79. The first kappa shape index (κ1) is 46.0.